The smallest absolute Gasteiger partial charge is 0.119 e. The number of alkyl halides is 1. The molecule has 0 bridgehead atoms. The zero-order valence-corrected chi connectivity index (χ0v) is 13.5. The lowest BCUT2D eigenvalue weighted by Gasteiger charge is -2.16. The van der Waals surface area contributed by atoms with Crippen molar-refractivity contribution in [3.05, 3.63) is 63.1 Å². The van der Waals surface area contributed by atoms with Crippen LogP contribution in [0.15, 0.2) is 40.9 Å². The van der Waals surface area contributed by atoms with Gasteiger partial charge in [-0.3, -0.25) is 0 Å². The summed E-state index contributed by atoms with van der Waals surface area (Å²) in [6.45, 7) is 4.13. The highest BCUT2D eigenvalue weighted by molar-refractivity contribution is 9.10. The molecule has 0 aliphatic heterocycles. The number of ether oxygens (including phenoxy) is 1. The van der Waals surface area contributed by atoms with Gasteiger partial charge in [-0.1, -0.05) is 28.1 Å². The molecule has 19 heavy (non-hydrogen) atoms. The van der Waals surface area contributed by atoms with Gasteiger partial charge in [0.05, 0.1) is 12.5 Å². The number of hydrogen-bond donors (Lipinski definition) is 0. The van der Waals surface area contributed by atoms with Crippen molar-refractivity contribution < 1.29 is 4.74 Å². The van der Waals surface area contributed by atoms with E-state index in [1.54, 1.807) is 7.11 Å². The summed E-state index contributed by atoms with van der Waals surface area (Å²) in [5.41, 5.74) is 4.58. The molecule has 1 nitrogen and oxygen atoms in total. The van der Waals surface area contributed by atoms with Crippen LogP contribution in [0.25, 0.3) is 0 Å². The first kappa shape index (κ1) is 14.4. The molecule has 3 heteroatoms. The molecule has 0 saturated carbocycles. The molecule has 1 unspecified atom stereocenters. The third-order valence-electron chi connectivity index (χ3n) is 3.25. The van der Waals surface area contributed by atoms with Gasteiger partial charge < -0.3 is 4.74 Å². The van der Waals surface area contributed by atoms with E-state index in [9.17, 15) is 0 Å². The van der Waals surface area contributed by atoms with Gasteiger partial charge in [-0.15, -0.1) is 11.6 Å². The zero-order chi connectivity index (χ0) is 14.0. The second-order valence-corrected chi connectivity index (χ2v) is 5.94. The number of rotatable bonds is 3. The third kappa shape index (κ3) is 3.13. The maximum absolute atomic E-state index is 6.63. The van der Waals surface area contributed by atoms with Crippen molar-refractivity contribution in [2.75, 3.05) is 7.11 Å². The standard InChI is InChI=1S/C16H16BrClO/c1-10-8-12(17)4-6-14(10)16(18)15-7-5-13(19-3)9-11(15)2/h4-9,16H,1-3H3. The lowest BCUT2D eigenvalue weighted by atomic mass is 9.97. The minimum atomic E-state index is -0.140. The van der Waals surface area contributed by atoms with E-state index in [4.69, 9.17) is 16.3 Å². The van der Waals surface area contributed by atoms with Crippen LogP contribution in [0.1, 0.15) is 27.6 Å². The number of methoxy groups -OCH3 is 1. The Kier molecular flexibility index (Phi) is 4.54. The van der Waals surface area contributed by atoms with Crippen LogP contribution in [0.3, 0.4) is 0 Å². The number of hydrogen-bond acceptors (Lipinski definition) is 1. The maximum Gasteiger partial charge on any atom is 0.119 e. The van der Waals surface area contributed by atoms with Gasteiger partial charge >= 0.3 is 0 Å². The highest BCUT2D eigenvalue weighted by Crippen LogP contribution is 2.35. The third-order valence-corrected chi connectivity index (χ3v) is 4.22. The normalized spacial score (nSPS) is 12.3. The maximum atomic E-state index is 6.63. The fraction of sp³-hybridized carbons (Fsp3) is 0.250. The van der Waals surface area contributed by atoms with Gasteiger partial charge in [-0.05, 0) is 60.4 Å². The average Bonchev–Trinajstić information content (AvgIpc) is 2.37. The molecule has 0 amide bonds. The predicted molar refractivity (Wildman–Crippen MR) is 84.3 cm³/mol. The molecule has 0 spiro atoms. The van der Waals surface area contributed by atoms with E-state index in [1.807, 2.05) is 24.3 Å². The first-order valence-corrected chi connectivity index (χ1v) is 7.30. The first-order chi connectivity index (χ1) is 9.02. The summed E-state index contributed by atoms with van der Waals surface area (Å²) in [4.78, 5) is 0. The number of halogens is 2. The lowest BCUT2D eigenvalue weighted by molar-refractivity contribution is 0.414. The first-order valence-electron chi connectivity index (χ1n) is 6.07. The largest absolute Gasteiger partial charge is 0.497 e. The molecular weight excluding hydrogens is 324 g/mol. The Morgan fingerprint density at radius 3 is 2.11 bits per heavy atom. The fourth-order valence-corrected chi connectivity index (χ4v) is 3.12. The monoisotopic (exact) mass is 338 g/mol. The summed E-state index contributed by atoms with van der Waals surface area (Å²) < 4.78 is 6.30. The number of aryl methyl sites for hydroxylation is 2. The van der Waals surface area contributed by atoms with Crippen LogP contribution in [0.2, 0.25) is 0 Å². The molecule has 1 atom stereocenters. The molecule has 0 N–H and O–H groups in total. The van der Waals surface area contributed by atoms with Crippen LogP contribution in [-0.4, -0.2) is 7.11 Å². The van der Waals surface area contributed by atoms with Gasteiger partial charge in [-0.25, -0.2) is 0 Å². The minimum Gasteiger partial charge on any atom is -0.497 e. The molecule has 0 aliphatic carbocycles. The summed E-state index contributed by atoms with van der Waals surface area (Å²) in [7, 11) is 1.67. The van der Waals surface area contributed by atoms with Gasteiger partial charge in [0.1, 0.15) is 5.75 Å². The van der Waals surface area contributed by atoms with E-state index in [1.165, 1.54) is 5.56 Å². The Morgan fingerprint density at radius 2 is 1.58 bits per heavy atom. The fourth-order valence-electron chi connectivity index (χ4n) is 2.15. The summed E-state index contributed by atoms with van der Waals surface area (Å²) >= 11 is 10.1. The van der Waals surface area contributed by atoms with Gasteiger partial charge in [0.15, 0.2) is 0 Å². The van der Waals surface area contributed by atoms with Gasteiger partial charge in [-0.2, -0.15) is 0 Å². The second kappa shape index (κ2) is 5.98. The molecule has 0 saturated heterocycles. The summed E-state index contributed by atoms with van der Waals surface area (Å²) in [5.74, 6) is 0.859. The molecule has 0 fully saturated rings. The van der Waals surface area contributed by atoms with Gasteiger partial charge in [0, 0.05) is 4.47 Å². The molecule has 0 aromatic heterocycles. The Bertz CT molecular complexity index is 595. The SMILES string of the molecule is COc1ccc(C(Cl)c2ccc(Br)cc2C)c(C)c1. The van der Waals surface area contributed by atoms with Gasteiger partial charge in [0.2, 0.25) is 0 Å². The van der Waals surface area contributed by atoms with Crippen LogP contribution in [0.4, 0.5) is 0 Å². The predicted octanol–water partition coefficient (Wildman–Crippen LogP) is 5.40. The van der Waals surface area contributed by atoms with Crippen LogP contribution >= 0.6 is 27.5 Å². The van der Waals surface area contributed by atoms with Crippen molar-refractivity contribution in [2.24, 2.45) is 0 Å². The topological polar surface area (TPSA) is 9.23 Å². The Labute approximate surface area is 127 Å². The molecule has 0 aliphatic rings. The molecule has 100 valence electrons. The molecule has 0 heterocycles. The van der Waals surface area contributed by atoms with E-state index < -0.39 is 0 Å². The molecule has 2 rings (SSSR count). The second-order valence-electron chi connectivity index (χ2n) is 4.59. The summed E-state index contributed by atoms with van der Waals surface area (Å²) in [6.07, 6.45) is 0. The van der Waals surface area contributed by atoms with Crippen molar-refractivity contribution in [2.45, 2.75) is 19.2 Å². The molecule has 2 aromatic rings. The average molecular weight is 340 g/mol. The molecule has 2 aromatic carbocycles. The van der Waals surface area contributed by atoms with Crippen molar-refractivity contribution in [3.63, 3.8) is 0 Å². The van der Waals surface area contributed by atoms with E-state index >= 15 is 0 Å². The molecular formula is C16H16BrClO. The van der Waals surface area contributed by atoms with Crippen molar-refractivity contribution >= 4 is 27.5 Å². The summed E-state index contributed by atoms with van der Waals surface area (Å²) in [5, 5.41) is -0.140. The van der Waals surface area contributed by atoms with Crippen molar-refractivity contribution in [3.8, 4) is 5.75 Å². The van der Waals surface area contributed by atoms with Crippen molar-refractivity contribution in [1.82, 2.24) is 0 Å². The van der Waals surface area contributed by atoms with Crippen LogP contribution in [0.5, 0.6) is 5.75 Å². The van der Waals surface area contributed by atoms with Crippen LogP contribution in [-0.2, 0) is 0 Å². The van der Waals surface area contributed by atoms with Crippen LogP contribution < -0.4 is 4.74 Å². The highest BCUT2D eigenvalue weighted by Gasteiger charge is 2.15. The van der Waals surface area contributed by atoms with Gasteiger partial charge in [0.25, 0.3) is 0 Å². The number of benzene rings is 2. The lowest BCUT2D eigenvalue weighted by Crippen LogP contribution is -1.99. The highest BCUT2D eigenvalue weighted by atomic mass is 79.9. The molecule has 0 radical (unpaired) electrons. The Morgan fingerprint density at radius 1 is 1.00 bits per heavy atom. The quantitative estimate of drug-likeness (QED) is 0.680. The Balaban J connectivity index is 2.41. The van der Waals surface area contributed by atoms with E-state index in [2.05, 4.69) is 41.9 Å². The van der Waals surface area contributed by atoms with E-state index in [-0.39, 0.29) is 5.38 Å². The van der Waals surface area contributed by atoms with Crippen molar-refractivity contribution in [1.29, 1.82) is 0 Å². The zero-order valence-electron chi connectivity index (χ0n) is 11.2. The minimum absolute atomic E-state index is 0.140. The van der Waals surface area contributed by atoms with Crippen LogP contribution in [0, 0.1) is 13.8 Å². The Hall–Kier alpha value is -0.990. The summed E-state index contributed by atoms with van der Waals surface area (Å²) in [6, 6.07) is 12.2. The van der Waals surface area contributed by atoms with E-state index in [0.29, 0.717) is 0 Å². The van der Waals surface area contributed by atoms with E-state index in [0.717, 1.165) is 26.9 Å².